The van der Waals surface area contributed by atoms with Gasteiger partial charge < -0.3 is 4.90 Å². The van der Waals surface area contributed by atoms with Crippen LogP contribution in [0, 0.1) is 0 Å². The number of sulfone groups is 1. The fourth-order valence-corrected chi connectivity index (χ4v) is 6.46. The van der Waals surface area contributed by atoms with Gasteiger partial charge in [-0.05, 0) is 36.8 Å². The molecule has 3 heterocycles. The highest BCUT2D eigenvalue weighted by Gasteiger charge is 2.35. The number of carbonyl (C=O) groups excluding carboxylic acids is 1. The number of piperazine rings is 1. The fraction of sp³-hybridized carbons (Fsp3) is 0.333. The molecule has 1 atom stereocenters. The van der Waals surface area contributed by atoms with E-state index in [9.17, 15) is 13.2 Å². The van der Waals surface area contributed by atoms with Gasteiger partial charge in [0.15, 0.2) is 9.84 Å². The minimum Gasteiger partial charge on any atom is -0.335 e. The van der Waals surface area contributed by atoms with E-state index in [0.717, 1.165) is 11.3 Å². The molecule has 0 bridgehead atoms. The van der Waals surface area contributed by atoms with Crippen molar-refractivity contribution in [3.8, 4) is 16.9 Å². The Bertz CT molecular complexity index is 1250. The maximum atomic E-state index is 13.6. The molecule has 2 aliphatic heterocycles. The van der Waals surface area contributed by atoms with Gasteiger partial charge in [0.2, 0.25) is 0 Å². The predicted octanol–water partition coefficient (Wildman–Crippen LogP) is 3.14. The molecule has 0 saturated carbocycles. The van der Waals surface area contributed by atoms with E-state index in [4.69, 9.17) is 16.7 Å². The summed E-state index contributed by atoms with van der Waals surface area (Å²) in [6.45, 7) is 2.47. The summed E-state index contributed by atoms with van der Waals surface area (Å²) in [6.07, 6.45) is 0.682. The molecule has 2 aliphatic rings. The molecule has 0 N–H and O–H groups in total. The van der Waals surface area contributed by atoms with E-state index in [1.807, 2.05) is 65.6 Å². The van der Waals surface area contributed by atoms with Crippen molar-refractivity contribution in [2.45, 2.75) is 12.5 Å². The van der Waals surface area contributed by atoms with E-state index in [0.29, 0.717) is 49.0 Å². The molecule has 33 heavy (non-hydrogen) atoms. The Morgan fingerprint density at radius 1 is 0.970 bits per heavy atom. The average Bonchev–Trinajstić information content (AvgIpc) is 3.43. The van der Waals surface area contributed by atoms with Crippen molar-refractivity contribution in [3.63, 3.8) is 0 Å². The van der Waals surface area contributed by atoms with E-state index >= 15 is 0 Å². The smallest absolute Gasteiger partial charge is 0.272 e. The highest BCUT2D eigenvalue weighted by Crippen LogP contribution is 2.25. The Labute approximate surface area is 198 Å². The summed E-state index contributed by atoms with van der Waals surface area (Å²) in [4.78, 5) is 17.6. The van der Waals surface area contributed by atoms with Crippen molar-refractivity contribution in [3.05, 3.63) is 71.4 Å². The lowest BCUT2D eigenvalue weighted by Gasteiger charge is -2.37. The molecular weight excluding hydrogens is 460 g/mol. The van der Waals surface area contributed by atoms with E-state index in [-0.39, 0.29) is 23.5 Å². The molecule has 9 heteroatoms. The Morgan fingerprint density at radius 3 is 2.30 bits per heavy atom. The van der Waals surface area contributed by atoms with Crippen LogP contribution in [-0.2, 0) is 9.84 Å². The van der Waals surface area contributed by atoms with Crippen LogP contribution in [0.2, 0.25) is 5.02 Å². The molecule has 2 saturated heterocycles. The van der Waals surface area contributed by atoms with Gasteiger partial charge in [-0.25, -0.2) is 13.1 Å². The number of benzene rings is 2. The number of carbonyl (C=O) groups is 1. The van der Waals surface area contributed by atoms with E-state index in [2.05, 4.69) is 4.90 Å². The largest absolute Gasteiger partial charge is 0.335 e. The topological polar surface area (TPSA) is 75.5 Å². The van der Waals surface area contributed by atoms with Crippen LogP contribution >= 0.6 is 11.6 Å². The molecule has 1 aromatic heterocycles. The Morgan fingerprint density at radius 2 is 1.67 bits per heavy atom. The van der Waals surface area contributed by atoms with Gasteiger partial charge in [0.05, 0.1) is 22.9 Å². The van der Waals surface area contributed by atoms with Crippen molar-refractivity contribution in [1.82, 2.24) is 19.6 Å². The van der Waals surface area contributed by atoms with Gasteiger partial charge in [0.1, 0.15) is 5.69 Å². The number of nitrogens with zero attached hydrogens (tertiary/aromatic N) is 4. The summed E-state index contributed by atoms with van der Waals surface area (Å²) in [5.74, 6) is 0.414. The normalized spacial score (nSPS) is 20.8. The second kappa shape index (κ2) is 8.93. The number of hydrogen-bond donors (Lipinski definition) is 0. The molecule has 0 unspecified atom stereocenters. The molecule has 0 spiro atoms. The van der Waals surface area contributed by atoms with Gasteiger partial charge in [-0.3, -0.25) is 9.69 Å². The Kier molecular flexibility index (Phi) is 5.99. The first-order chi connectivity index (χ1) is 15.9. The van der Waals surface area contributed by atoms with Gasteiger partial charge in [0.25, 0.3) is 5.91 Å². The van der Waals surface area contributed by atoms with Crippen LogP contribution in [0.15, 0.2) is 60.7 Å². The Balaban J connectivity index is 1.39. The van der Waals surface area contributed by atoms with E-state index < -0.39 is 9.84 Å². The first-order valence-electron chi connectivity index (χ1n) is 11.0. The van der Waals surface area contributed by atoms with Gasteiger partial charge in [-0.1, -0.05) is 41.9 Å². The SMILES string of the molecule is O=C(c1cc(-c2ccc(Cl)cc2)nn1-c1ccccc1)N1CCN([C@H]2CCS(=O)(=O)C2)CC1. The summed E-state index contributed by atoms with van der Waals surface area (Å²) < 4.78 is 25.4. The molecule has 1 amide bonds. The van der Waals surface area contributed by atoms with Crippen molar-refractivity contribution >= 4 is 27.3 Å². The summed E-state index contributed by atoms with van der Waals surface area (Å²) >= 11 is 6.03. The minimum atomic E-state index is -2.92. The fourth-order valence-electron chi connectivity index (χ4n) is 4.58. The third kappa shape index (κ3) is 4.69. The maximum Gasteiger partial charge on any atom is 0.272 e. The zero-order valence-corrected chi connectivity index (χ0v) is 19.7. The molecule has 0 aliphatic carbocycles. The number of amides is 1. The maximum absolute atomic E-state index is 13.6. The first-order valence-corrected chi connectivity index (χ1v) is 13.2. The molecule has 5 rings (SSSR count). The zero-order valence-electron chi connectivity index (χ0n) is 18.1. The highest BCUT2D eigenvalue weighted by molar-refractivity contribution is 7.91. The lowest BCUT2D eigenvalue weighted by Crippen LogP contribution is -2.52. The molecule has 2 aromatic carbocycles. The van der Waals surface area contributed by atoms with Crippen LogP contribution in [0.25, 0.3) is 16.9 Å². The molecule has 172 valence electrons. The standard InChI is InChI=1S/C24H25ClN4O3S/c25-19-8-6-18(7-9-19)22-16-23(29(26-22)20-4-2-1-3-5-20)24(30)28-13-11-27(12-14-28)21-10-15-33(31,32)17-21/h1-9,16,21H,10-15,17H2/t21-/m0/s1. The van der Waals surface area contributed by atoms with Gasteiger partial charge in [-0.2, -0.15) is 5.10 Å². The molecule has 0 radical (unpaired) electrons. The van der Waals surface area contributed by atoms with Gasteiger partial charge >= 0.3 is 0 Å². The van der Waals surface area contributed by atoms with Crippen LogP contribution in [0.5, 0.6) is 0 Å². The molecule has 3 aromatic rings. The zero-order chi connectivity index (χ0) is 23.0. The highest BCUT2D eigenvalue weighted by atomic mass is 35.5. The van der Waals surface area contributed by atoms with Crippen molar-refractivity contribution < 1.29 is 13.2 Å². The second-order valence-electron chi connectivity index (χ2n) is 8.55. The number of aromatic nitrogens is 2. The average molecular weight is 485 g/mol. The lowest BCUT2D eigenvalue weighted by molar-refractivity contribution is 0.0579. The minimum absolute atomic E-state index is 0.0682. The van der Waals surface area contributed by atoms with Gasteiger partial charge in [0, 0.05) is 42.8 Å². The third-order valence-corrected chi connectivity index (χ3v) is 8.40. The molecular formula is C24H25ClN4O3S. The number of halogens is 1. The van der Waals surface area contributed by atoms with Gasteiger partial charge in [-0.15, -0.1) is 0 Å². The van der Waals surface area contributed by atoms with E-state index in [1.165, 1.54) is 0 Å². The van der Waals surface area contributed by atoms with Crippen LogP contribution < -0.4 is 0 Å². The first kappa shape index (κ1) is 22.1. The van der Waals surface area contributed by atoms with Crippen LogP contribution in [0.3, 0.4) is 0 Å². The third-order valence-electron chi connectivity index (χ3n) is 6.40. The van der Waals surface area contributed by atoms with Crippen molar-refractivity contribution in [2.24, 2.45) is 0 Å². The van der Waals surface area contributed by atoms with Crippen molar-refractivity contribution in [1.29, 1.82) is 0 Å². The van der Waals surface area contributed by atoms with Crippen LogP contribution in [0.4, 0.5) is 0 Å². The summed E-state index contributed by atoms with van der Waals surface area (Å²) in [5, 5.41) is 5.38. The predicted molar refractivity (Wildman–Crippen MR) is 129 cm³/mol. The lowest BCUT2D eigenvalue weighted by atomic mass is 10.1. The number of hydrogen-bond acceptors (Lipinski definition) is 5. The van der Waals surface area contributed by atoms with Crippen molar-refractivity contribution in [2.75, 3.05) is 37.7 Å². The monoisotopic (exact) mass is 484 g/mol. The van der Waals surface area contributed by atoms with E-state index in [1.54, 1.807) is 4.68 Å². The quantitative estimate of drug-likeness (QED) is 0.568. The summed E-state index contributed by atoms with van der Waals surface area (Å²) in [5.41, 5.74) is 2.91. The molecule has 7 nitrogen and oxygen atoms in total. The second-order valence-corrected chi connectivity index (χ2v) is 11.2. The Hall–Kier alpha value is -2.68. The molecule has 2 fully saturated rings. The number of rotatable bonds is 4. The van der Waals surface area contributed by atoms with Crippen LogP contribution in [-0.4, -0.2) is 77.6 Å². The van der Waals surface area contributed by atoms with Crippen LogP contribution in [0.1, 0.15) is 16.9 Å². The summed E-state index contributed by atoms with van der Waals surface area (Å²) in [6, 6.07) is 18.9. The summed E-state index contributed by atoms with van der Waals surface area (Å²) in [7, 11) is -2.92. The number of para-hydroxylation sites is 1.